The Kier molecular flexibility index (Phi) is 6.73. The van der Waals surface area contributed by atoms with Crippen LogP contribution in [0.5, 0.6) is 0 Å². The lowest BCUT2D eigenvalue weighted by Crippen LogP contribution is -2.48. The van der Waals surface area contributed by atoms with Crippen LogP contribution in [0.3, 0.4) is 0 Å². The second-order valence-electron chi connectivity index (χ2n) is 5.74. The molecular formula is C18H26N2O. The monoisotopic (exact) mass is 286 g/mol. The van der Waals surface area contributed by atoms with Crippen LogP contribution in [0.2, 0.25) is 0 Å². The van der Waals surface area contributed by atoms with Crippen LogP contribution in [0.4, 0.5) is 4.79 Å². The Bertz CT molecular complexity index is 489. The first kappa shape index (κ1) is 17.0. The summed E-state index contributed by atoms with van der Waals surface area (Å²) in [5.41, 5.74) is 1.97. The highest BCUT2D eigenvalue weighted by molar-refractivity contribution is 5.75. The molecule has 0 saturated carbocycles. The van der Waals surface area contributed by atoms with E-state index in [1.807, 2.05) is 37.3 Å². The van der Waals surface area contributed by atoms with Crippen molar-refractivity contribution in [3.05, 3.63) is 60.2 Å². The number of amides is 2. The summed E-state index contributed by atoms with van der Waals surface area (Å²) in [6.45, 7) is 10.5. The number of rotatable bonds is 7. The van der Waals surface area contributed by atoms with Crippen LogP contribution >= 0.6 is 0 Å². The van der Waals surface area contributed by atoms with Gasteiger partial charge in [-0.1, -0.05) is 48.1 Å². The summed E-state index contributed by atoms with van der Waals surface area (Å²) < 4.78 is 0. The van der Waals surface area contributed by atoms with E-state index in [-0.39, 0.29) is 6.03 Å². The molecule has 0 fully saturated rings. The first-order valence-corrected chi connectivity index (χ1v) is 7.32. The van der Waals surface area contributed by atoms with Crippen LogP contribution < -0.4 is 10.6 Å². The fourth-order valence-electron chi connectivity index (χ4n) is 1.96. The Morgan fingerprint density at radius 3 is 2.52 bits per heavy atom. The number of carbonyl (C=O) groups excluding carboxylic acids is 1. The van der Waals surface area contributed by atoms with E-state index in [4.69, 9.17) is 0 Å². The molecule has 0 heterocycles. The molecule has 0 aliphatic rings. The fraction of sp³-hybridized carbons (Fsp3) is 0.389. The maximum atomic E-state index is 12.0. The minimum Gasteiger partial charge on any atom is -0.334 e. The summed E-state index contributed by atoms with van der Waals surface area (Å²) in [4.78, 5) is 12.0. The lowest BCUT2D eigenvalue weighted by atomic mass is 9.95. The van der Waals surface area contributed by atoms with E-state index in [2.05, 4.69) is 37.1 Å². The number of benzene rings is 1. The van der Waals surface area contributed by atoms with Gasteiger partial charge in [-0.3, -0.25) is 0 Å². The first-order valence-electron chi connectivity index (χ1n) is 7.32. The molecule has 1 atom stereocenters. The maximum absolute atomic E-state index is 12.0. The van der Waals surface area contributed by atoms with Gasteiger partial charge in [0.05, 0.1) is 5.54 Å². The molecule has 114 valence electrons. The van der Waals surface area contributed by atoms with Crippen LogP contribution in [-0.2, 0) is 6.54 Å². The third-order valence-electron chi connectivity index (χ3n) is 3.36. The van der Waals surface area contributed by atoms with Crippen molar-refractivity contribution < 1.29 is 4.79 Å². The van der Waals surface area contributed by atoms with Gasteiger partial charge in [0.25, 0.3) is 0 Å². The minimum atomic E-state index is -0.396. The Balaban J connectivity index is 2.46. The molecule has 3 nitrogen and oxygen atoms in total. The van der Waals surface area contributed by atoms with Crippen molar-refractivity contribution in [3.63, 3.8) is 0 Å². The van der Waals surface area contributed by atoms with Gasteiger partial charge in [0.2, 0.25) is 0 Å². The van der Waals surface area contributed by atoms with Crippen LogP contribution in [0, 0.1) is 0 Å². The van der Waals surface area contributed by atoms with E-state index in [0.717, 1.165) is 18.4 Å². The summed E-state index contributed by atoms with van der Waals surface area (Å²) in [5, 5.41) is 5.86. The highest BCUT2D eigenvalue weighted by atomic mass is 16.2. The lowest BCUT2D eigenvalue weighted by molar-refractivity contribution is 0.231. The molecule has 2 N–H and O–H groups in total. The van der Waals surface area contributed by atoms with Crippen molar-refractivity contribution in [2.45, 2.75) is 45.7 Å². The minimum absolute atomic E-state index is 0.168. The average Bonchev–Trinajstić information content (AvgIpc) is 2.46. The van der Waals surface area contributed by atoms with E-state index in [1.54, 1.807) is 6.08 Å². The van der Waals surface area contributed by atoms with Gasteiger partial charge in [-0.25, -0.2) is 4.79 Å². The molecule has 1 unspecified atom stereocenters. The zero-order chi connectivity index (χ0) is 15.7. The van der Waals surface area contributed by atoms with Crippen molar-refractivity contribution in [3.8, 4) is 0 Å². The molecule has 0 saturated heterocycles. The van der Waals surface area contributed by atoms with E-state index in [0.29, 0.717) is 6.54 Å². The van der Waals surface area contributed by atoms with Gasteiger partial charge in [-0.15, -0.1) is 6.58 Å². The number of hydrogen-bond acceptors (Lipinski definition) is 1. The summed E-state index contributed by atoms with van der Waals surface area (Å²) >= 11 is 0. The number of urea groups is 1. The van der Waals surface area contributed by atoms with E-state index in [1.165, 1.54) is 5.57 Å². The molecule has 0 radical (unpaired) electrons. The number of carbonyl (C=O) groups is 1. The predicted molar refractivity (Wildman–Crippen MR) is 89.1 cm³/mol. The Labute approximate surface area is 128 Å². The smallest absolute Gasteiger partial charge is 0.315 e. The molecule has 0 aromatic heterocycles. The molecule has 0 spiro atoms. The highest BCUT2D eigenvalue weighted by Crippen LogP contribution is 2.14. The van der Waals surface area contributed by atoms with Gasteiger partial charge in [0, 0.05) is 6.54 Å². The predicted octanol–water partition coefficient (Wildman–Crippen LogP) is 4.18. The van der Waals surface area contributed by atoms with Crippen molar-refractivity contribution >= 4 is 6.03 Å². The summed E-state index contributed by atoms with van der Waals surface area (Å²) in [6, 6.07) is 9.69. The third-order valence-corrected chi connectivity index (χ3v) is 3.36. The Morgan fingerprint density at radius 2 is 1.95 bits per heavy atom. The molecule has 2 amide bonds. The van der Waals surface area contributed by atoms with Gasteiger partial charge in [-0.2, -0.15) is 0 Å². The van der Waals surface area contributed by atoms with Crippen LogP contribution in [0.15, 0.2) is 54.6 Å². The molecule has 1 rings (SSSR count). The first-order chi connectivity index (χ1) is 9.95. The van der Waals surface area contributed by atoms with Gasteiger partial charge in [0.15, 0.2) is 0 Å². The Morgan fingerprint density at radius 1 is 1.29 bits per heavy atom. The van der Waals surface area contributed by atoms with Crippen LogP contribution in [-0.4, -0.2) is 11.6 Å². The normalized spacial score (nSPS) is 12.9. The molecule has 21 heavy (non-hydrogen) atoms. The number of allylic oxidation sites excluding steroid dienone is 2. The quantitative estimate of drug-likeness (QED) is 0.725. The summed E-state index contributed by atoms with van der Waals surface area (Å²) in [6.07, 6.45) is 5.73. The van der Waals surface area contributed by atoms with Crippen LogP contribution in [0.1, 0.15) is 39.2 Å². The Hall–Kier alpha value is -2.03. The second kappa shape index (κ2) is 8.30. The molecule has 0 bridgehead atoms. The standard InChI is InChI=1S/C18H26N2O/c1-5-18(4,13-9-10-15(2)3)20-17(21)19-14-16-11-7-6-8-12-16/h5-8,10-12H,1,9,13-14H2,2-4H3,(H2,19,20,21). The fourth-order valence-corrected chi connectivity index (χ4v) is 1.96. The number of hydrogen-bond donors (Lipinski definition) is 2. The zero-order valence-corrected chi connectivity index (χ0v) is 13.3. The average molecular weight is 286 g/mol. The molecule has 0 aliphatic carbocycles. The van der Waals surface area contributed by atoms with E-state index >= 15 is 0 Å². The zero-order valence-electron chi connectivity index (χ0n) is 13.3. The topological polar surface area (TPSA) is 41.1 Å². The van der Waals surface area contributed by atoms with Gasteiger partial charge >= 0.3 is 6.03 Å². The summed E-state index contributed by atoms with van der Waals surface area (Å²) in [5.74, 6) is 0. The lowest BCUT2D eigenvalue weighted by Gasteiger charge is -2.27. The van der Waals surface area contributed by atoms with Gasteiger partial charge in [0.1, 0.15) is 0 Å². The van der Waals surface area contributed by atoms with Crippen molar-refractivity contribution in [1.82, 2.24) is 10.6 Å². The van der Waals surface area contributed by atoms with Crippen molar-refractivity contribution in [2.75, 3.05) is 0 Å². The second-order valence-corrected chi connectivity index (χ2v) is 5.74. The molecule has 3 heteroatoms. The van der Waals surface area contributed by atoms with Crippen molar-refractivity contribution in [1.29, 1.82) is 0 Å². The molecule has 0 aliphatic heterocycles. The van der Waals surface area contributed by atoms with Gasteiger partial charge in [-0.05, 0) is 39.2 Å². The third kappa shape index (κ3) is 6.80. The SMILES string of the molecule is C=CC(C)(CCC=C(C)C)NC(=O)NCc1ccccc1. The molecule has 1 aromatic carbocycles. The largest absolute Gasteiger partial charge is 0.334 e. The maximum Gasteiger partial charge on any atom is 0.315 e. The van der Waals surface area contributed by atoms with Crippen LogP contribution in [0.25, 0.3) is 0 Å². The molecule has 1 aromatic rings. The van der Waals surface area contributed by atoms with E-state index < -0.39 is 5.54 Å². The molecular weight excluding hydrogens is 260 g/mol. The van der Waals surface area contributed by atoms with Gasteiger partial charge < -0.3 is 10.6 Å². The summed E-state index contributed by atoms with van der Waals surface area (Å²) in [7, 11) is 0. The van der Waals surface area contributed by atoms with E-state index in [9.17, 15) is 4.79 Å². The van der Waals surface area contributed by atoms with Crippen molar-refractivity contribution in [2.24, 2.45) is 0 Å². The highest BCUT2D eigenvalue weighted by Gasteiger charge is 2.21. The number of nitrogens with one attached hydrogen (secondary N) is 2.